The van der Waals surface area contributed by atoms with E-state index in [1.165, 1.54) is 0 Å². The predicted molar refractivity (Wildman–Crippen MR) is 130 cm³/mol. The van der Waals surface area contributed by atoms with Gasteiger partial charge >= 0.3 is 11.9 Å². The highest BCUT2D eigenvalue weighted by atomic mass is 16.5. The van der Waals surface area contributed by atoms with Crippen LogP contribution in [0, 0.1) is 34.0 Å². The molecule has 7 unspecified atom stereocenters. The van der Waals surface area contributed by atoms with Gasteiger partial charge < -0.3 is 20.1 Å². The number of aliphatic carboxylic acids is 1. The molecule has 36 heavy (non-hydrogen) atoms. The summed E-state index contributed by atoms with van der Waals surface area (Å²) in [4.78, 5) is 48.6. The van der Waals surface area contributed by atoms with Gasteiger partial charge in [0.1, 0.15) is 5.60 Å². The molecule has 3 N–H and O–H groups in total. The molecule has 0 bridgehead atoms. The molecule has 0 aromatic carbocycles. The summed E-state index contributed by atoms with van der Waals surface area (Å²) in [5.41, 5.74) is -2.80. The van der Waals surface area contributed by atoms with Gasteiger partial charge in [-0.1, -0.05) is 39.3 Å². The molecular weight excluding hydrogens is 464 g/mol. The fourth-order valence-corrected chi connectivity index (χ4v) is 7.97. The second-order valence-corrected chi connectivity index (χ2v) is 12.6. The van der Waals surface area contributed by atoms with E-state index in [4.69, 9.17) is 9.84 Å². The monoisotopic (exact) mass is 502 g/mol. The molecule has 4 aliphatic rings. The molecule has 3 fully saturated rings. The van der Waals surface area contributed by atoms with Gasteiger partial charge in [0, 0.05) is 16.7 Å². The summed E-state index contributed by atoms with van der Waals surface area (Å²) in [5, 5.41) is 32.1. The highest BCUT2D eigenvalue weighted by molar-refractivity contribution is 6.01. The number of aliphatic hydroxyl groups is 2. The van der Waals surface area contributed by atoms with E-state index >= 15 is 0 Å². The molecule has 0 amide bonds. The van der Waals surface area contributed by atoms with Crippen LogP contribution in [-0.2, 0) is 23.9 Å². The fourth-order valence-electron chi connectivity index (χ4n) is 7.97. The highest BCUT2D eigenvalue weighted by Crippen LogP contribution is 2.67. The average molecular weight is 503 g/mol. The third kappa shape index (κ3) is 4.26. The van der Waals surface area contributed by atoms with Crippen LogP contribution in [0.1, 0.15) is 72.6 Å². The molecule has 0 heterocycles. The number of carboxylic acids is 1. The average Bonchev–Trinajstić information content (AvgIpc) is 3.02. The molecule has 7 atom stereocenters. The van der Waals surface area contributed by atoms with Crippen LogP contribution in [-0.4, -0.2) is 57.1 Å². The fraction of sp³-hybridized carbons (Fsp3) is 0.714. The number of aliphatic hydroxyl groups excluding tert-OH is 1. The van der Waals surface area contributed by atoms with Crippen molar-refractivity contribution in [2.75, 3.05) is 6.61 Å². The van der Waals surface area contributed by atoms with E-state index in [0.29, 0.717) is 6.42 Å². The van der Waals surface area contributed by atoms with Crippen LogP contribution in [0.2, 0.25) is 0 Å². The molecule has 4 rings (SSSR count). The van der Waals surface area contributed by atoms with Crippen molar-refractivity contribution in [3.63, 3.8) is 0 Å². The number of esters is 1. The quantitative estimate of drug-likeness (QED) is 0.452. The Morgan fingerprint density at radius 3 is 2.53 bits per heavy atom. The van der Waals surface area contributed by atoms with E-state index in [2.05, 4.69) is 6.92 Å². The number of ether oxygens (including phenoxy) is 1. The van der Waals surface area contributed by atoms with Gasteiger partial charge in [-0.15, -0.1) is 0 Å². The van der Waals surface area contributed by atoms with Gasteiger partial charge in [-0.25, -0.2) is 0 Å². The Labute approximate surface area is 211 Å². The molecule has 8 nitrogen and oxygen atoms in total. The van der Waals surface area contributed by atoms with Gasteiger partial charge in [0.15, 0.2) is 12.4 Å². The van der Waals surface area contributed by atoms with Crippen molar-refractivity contribution >= 4 is 23.5 Å². The first-order chi connectivity index (χ1) is 16.6. The van der Waals surface area contributed by atoms with Crippen LogP contribution in [0.3, 0.4) is 0 Å². The van der Waals surface area contributed by atoms with Gasteiger partial charge in [-0.3, -0.25) is 19.2 Å². The van der Waals surface area contributed by atoms with Crippen LogP contribution in [0.4, 0.5) is 0 Å². The van der Waals surface area contributed by atoms with E-state index in [9.17, 15) is 29.4 Å². The van der Waals surface area contributed by atoms with E-state index in [1.54, 1.807) is 26.0 Å². The molecule has 3 saturated carbocycles. The second kappa shape index (κ2) is 8.91. The molecule has 4 aliphatic carbocycles. The zero-order valence-electron chi connectivity index (χ0n) is 21.6. The summed E-state index contributed by atoms with van der Waals surface area (Å²) in [5.74, 6) is -2.32. The van der Waals surface area contributed by atoms with Crippen LogP contribution in [0.15, 0.2) is 23.8 Å². The number of carbonyl (C=O) groups is 4. The summed E-state index contributed by atoms with van der Waals surface area (Å²) in [6, 6.07) is 0. The molecule has 198 valence electrons. The maximum Gasteiger partial charge on any atom is 0.306 e. The van der Waals surface area contributed by atoms with E-state index in [0.717, 1.165) is 18.4 Å². The summed E-state index contributed by atoms with van der Waals surface area (Å²) in [6.45, 7) is 6.64. The van der Waals surface area contributed by atoms with Crippen molar-refractivity contribution < 1.29 is 39.2 Å². The smallest absolute Gasteiger partial charge is 0.306 e. The number of fused-ring (bicyclic) bond motifs is 5. The first-order valence-electron chi connectivity index (χ1n) is 12.9. The minimum atomic E-state index is -1.73. The lowest BCUT2D eigenvalue weighted by Gasteiger charge is -2.59. The first kappa shape index (κ1) is 26.7. The molecule has 0 aromatic heterocycles. The lowest BCUT2D eigenvalue weighted by atomic mass is 9.46. The Morgan fingerprint density at radius 1 is 1.17 bits per heavy atom. The summed E-state index contributed by atoms with van der Waals surface area (Å²) in [7, 11) is 0. The van der Waals surface area contributed by atoms with Crippen molar-refractivity contribution in [3.05, 3.63) is 23.8 Å². The van der Waals surface area contributed by atoms with Crippen LogP contribution >= 0.6 is 0 Å². The first-order valence-corrected chi connectivity index (χ1v) is 12.9. The Kier molecular flexibility index (Phi) is 6.62. The molecule has 0 spiro atoms. The molecule has 0 aliphatic heterocycles. The molecule has 8 heteroatoms. The second-order valence-electron chi connectivity index (χ2n) is 12.6. The number of Topliss-reactive ketones (excluding diaryl/α,β-unsaturated/α-hetero) is 1. The Balaban J connectivity index is 1.49. The number of allylic oxidation sites excluding steroid dienone is 4. The molecule has 0 radical (unpaired) electrons. The largest absolute Gasteiger partial charge is 0.481 e. The van der Waals surface area contributed by atoms with E-state index in [1.807, 2.05) is 13.0 Å². The SMILES string of the molecule is CC(C)(CC(=O)O)CC(=O)OCC(=O)C1(O)CCC2C3CCC4=CC(=O)C=CC4(C)C3C(O)CC21C. The van der Waals surface area contributed by atoms with Gasteiger partial charge in [0.2, 0.25) is 5.78 Å². The van der Waals surface area contributed by atoms with Crippen molar-refractivity contribution in [2.45, 2.75) is 84.3 Å². The van der Waals surface area contributed by atoms with Gasteiger partial charge in [-0.2, -0.15) is 0 Å². The zero-order chi connectivity index (χ0) is 26.7. The Hall–Kier alpha value is -2.32. The van der Waals surface area contributed by atoms with Crippen LogP contribution in [0.25, 0.3) is 0 Å². The van der Waals surface area contributed by atoms with Gasteiger partial charge in [0.05, 0.1) is 18.9 Å². The number of carboxylic acid groups (broad SMARTS) is 1. The minimum absolute atomic E-state index is 0.00875. The maximum atomic E-state index is 13.3. The third-order valence-electron chi connectivity index (χ3n) is 9.73. The molecule has 0 aromatic rings. The molecule has 0 saturated heterocycles. The third-order valence-corrected chi connectivity index (χ3v) is 9.73. The summed E-state index contributed by atoms with van der Waals surface area (Å²) >= 11 is 0. The van der Waals surface area contributed by atoms with Gasteiger partial charge in [0.25, 0.3) is 0 Å². The topological polar surface area (TPSA) is 138 Å². The number of carbonyl (C=O) groups excluding carboxylic acids is 3. The predicted octanol–water partition coefficient (Wildman–Crippen LogP) is 3.00. The minimum Gasteiger partial charge on any atom is -0.481 e. The number of hydrogen-bond acceptors (Lipinski definition) is 7. The van der Waals surface area contributed by atoms with Crippen LogP contribution in [0.5, 0.6) is 0 Å². The summed E-state index contributed by atoms with van der Waals surface area (Å²) < 4.78 is 5.20. The maximum absolute atomic E-state index is 13.3. The van der Waals surface area contributed by atoms with Crippen molar-refractivity contribution in [1.29, 1.82) is 0 Å². The normalized spacial score (nSPS) is 39.5. The van der Waals surface area contributed by atoms with Gasteiger partial charge in [-0.05, 0) is 61.5 Å². The van der Waals surface area contributed by atoms with Crippen molar-refractivity contribution in [1.82, 2.24) is 0 Å². The molecular formula is C28H38O8. The lowest BCUT2D eigenvalue weighted by molar-refractivity contribution is -0.181. The van der Waals surface area contributed by atoms with Crippen LogP contribution < -0.4 is 0 Å². The number of ketones is 2. The van der Waals surface area contributed by atoms with Crippen molar-refractivity contribution in [2.24, 2.45) is 34.0 Å². The Morgan fingerprint density at radius 2 is 1.86 bits per heavy atom. The summed E-state index contributed by atoms with van der Waals surface area (Å²) in [6.07, 6.45) is 6.69. The standard InChI is InChI=1S/C28H38O8/c1-25(2,13-22(32)33)14-23(34)36-15-21(31)28(35)10-8-19-18-6-5-16-11-17(29)7-9-26(16,3)24(18)20(30)12-27(19,28)4/h7,9,11,18-20,24,30,35H,5-6,8,10,12-15H2,1-4H3,(H,32,33). The van der Waals surface area contributed by atoms with E-state index in [-0.39, 0.29) is 49.2 Å². The lowest BCUT2D eigenvalue weighted by Crippen LogP contribution is -2.61. The highest BCUT2D eigenvalue weighted by Gasteiger charge is 2.68. The Bertz CT molecular complexity index is 1040. The number of rotatable bonds is 7. The zero-order valence-corrected chi connectivity index (χ0v) is 21.6. The van der Waals surface area contributed by atoms with E-state index < -0.39 is 52.3 Å². The number of hydrogen-bond donors (Lipinski definition) is 3. The van der Waals surface area contributed by atoms with Crippen molar-refractivity contribution in [3.8, 4) is 0 Å².